The molecule has 0 aromatic heterocycles. The van der Waals surface area contributed by atoms with Gasteiger partial charge in [-0.05, 0) is 33.6 Å². The Balaban J connectivity index is 3.59. The van der Waals surface area contributed by atoms with Crippen molar-refractivity contribution in [1.82, 2.24) is 4.90 Å². The number of halogens is 17. The van der Waals surface area contributed by atoms with Crippen molar-refractivity contribution in [1.29, 1.82) is 0 Å². The Morgan fingerprint density at radius 1 is 0.615 bits per heavy atom. The van der Waals surface area contributed by atoms with Crippen LogP contribution in [0.15, 0.2) is 0 Å². The molecule has 1 heterocycles. The van der Waals surface area contributed by atoms with Gasteiger partial charge in [0.15, 0.2) is 0 Å². The monoisotopic (exact) mass is 617 g/mol. The summed E-state index contributed by atoms with van der Waals surface area (Å²) in [4.78, 5) is 24.0. The molecule has 1 saturated heterocycles. The highest BCUT2D eigenvalue weighted by molar-refractivity contribution is 5.94. The number of carbonyl (C=O) groups excluding carboxylic acids is 2. The molecule has 0 spiro atoms. The minimum Gasteiger partial charge on any atom is -0.444 e. The van der Waals surface area contributed by atoms with Gasteiger partial charge in [0, 0.05) is 6.54 Å². The van der Waals surface area contributed by atoms with Gasteiger partial charge in [0.1, 0.15) is 11.6 Å². The van der Waals surface area contributed by atoms with Crippen LogP contribution >= 0.6 is 0 Å². The van der Waals surface area contributed by atoms with E-state index >= 15 is 0 Å². The SMILES string of the molecule is CC(C)(C)OC(=O)N1CCC[C@H]1C(=O)C(F)(F)C(F)(F)C(F)(F)C(F)(F)C(F)(F)C(F)(F)C(F)(F)C(F)(F)F. The van der Waals surface area contributed by atoms with Crippen molar-refractivity contribution in [3.8, 4) is 0 Å². The molecular weight excluding hydrogens is 601 g/mol. The van der Waals surface area contributed by atoms with Crippen LogP contribution in [0.25, 0.3) is 0 Å². The molecule has 0 saturated carbocycles. The van der Waals surface area contributed by atoms with Crippen LogP contribution in [0.1, 0.15) is 33.6 Å². The van der Waals surface area contributed by atoms with E-state index in [4.69, 9.17) is 0 Å². The summed E-state index contributed by atoms with van der Waals surface area (Å²) in [5.74, 6) is -62.0. The first kappa shape index (κ1) is 34.8. The fourth-order valence-electron chi connectivity index (χ4n) is 3.11. The summed E-state index contributed by atoms with van der Waals surface area (Å²) in [6.45, 7) is 2.75. The zero-order valence-corrected chi connectivity index (χ0v) is 19.3. The van der Waals surface area contributed by atoms with Crippen LogP contribution in [-0.2, 0) is 9.53 Å². The Morgan fingerprint density at radius 2 is 0.974 bits per heavy atom. The second-order valence-electron chi connectivity index (χ2n) is 9.21. The number of ether oxygens (including phenoxy) is 1. The molecule has 0 unspecified atom stereocenters. The maximum Gasteiger partial charge on any atom is 0.460 e. The first-order valence-electron chi connectivity index (χ1n) is 10.0. The number of amides is 1. The normalized spacial score (nSPS) is 19.4. The van der Waals surface area contributed by atoms with Crippen LogP contribution in [0.4, 0.5) is 79.4 Å². The highest BCUT2D eigenvalue weighted by Crippen LogP contribution is 2.64. The van der Waals surface area contributed by atoms with Crippen molar-refractivity contribution >= 4 is 11.9 Å². The van der Waals surface area contributed by atoms with Crippen LogP contribution in [0, 0.1) is 0 Å². The van der Waals surface area contributed by atoms with Gasteiger partial charge in [-0.25, -0.2) is 4.79 Å². The molecule has 0 aromatic carbocycles. The number of hydrogen-bond acceptors (Lipinski definition) is 3. The van der Waals surface area contributed by atoms with Crippen LogP contribution in [-0.4, -0.2) is 82.6 Å². The number of hydrogen-bond donors (Lipinski definition) is 0. The maximum atomic E-state index is 14.3. The number of Topliss-reactive ketones (excluding diaryl/α,β-unsaturated/α-hetero) is 1. The summed E-state index contributed by atoms with van der Waals surface area (Å²) in [6, 6.07) is -2.86. The second kappa shape index (κ2) is 9.41. The summed E-state index contributed by atoms with van der Waals surface area (Å²) >= 11 is 0. The average Bonchev–Trinajstić information content (AvgIpc) is 3.20. The Hall–Kier alpha value is -2.25. The van der Waals surface area contributed by atoms with Crippen molar-refractivity contribution in [2.45, 2.75) is 92.9 Å². The number of ketones is 1. The molecule has 0 bridgehead atoms. The lowest BCUT2D eigenvalue weighted by Gasteiger charge is -2.43. The van der Waals surface area contributed by atoms with Crippen molar-refractivity contribution in [2.75, 3.05) is 6.54 Å². The van der Waals surface area contributed by atoms with Gasteiger partial charge < -0.3 is 4.74 Å². The first-order valence-corrected chi connectivity index (χ1v) is 10.0. The lowest BCUT2D eigenvalue weighted by Crippen LogP contribution is -2.75. The first-order chi connectivity index (χ1) is 16.8. The van der Waals surface area contributed by atoms with Crippen molar-refractivity contribution in [2.24, 2.45) is 0 Å². The summed E-state index contributed by atoms with van der Waals surface area (Å²) in [5, 5.41) is 0. The fourth-order valence-corrected chi connectivity index (χ4v) is 3.11. The molecule has 0 aromatic rings. The van der Waals surface area contributed by atoms with Gasteiger partial charge in [-0.3, -0.25) is 9.69 Å². The topological polar surface area (TPSA) is 46.6 Å². The van der Waals surface area contributed by atoms with E-state index in [0.29, 0.717) is 0 Å². The van der Waals surface area contributed by atoms with Gasteiger partial charge in [-0.15, -0.1) is 0 Å². The maximum absolute atomic E-state index is 14.3. The predicted octanol–water partition coefficient (Wildman–Crippen LogP) is 6.96. The second-order valence-corrected chi connectivity index (χ2v) is 9.21. The van der Waals surface area contributed by atoms with E-state index in [9.17, 15) is 84.2 Å². The predicted molar refractivity (Wildman–Crippen MR) is 91.7 cm³/mol. The third-order valence-electron chi connectivity index (χ3n) is 5.21. The molecule has 0 radical (unpaired) electrons. The average molecular weight is 617 g/mol. The fraction of sp³-hybridized carbons (Fsp3) is 0.889. The summed E-state index contributed by atoms with van der Waals surface area (Å²) in [5.41, 5.74) is -1.44. The lowest BCUT2D eigenvalue weighted by atomic mass is 9.86. The Bertz CT molecular complexity index is 951. The van der Waals surface area contributed by atoms with E-state index in [1.165, 1.54) is 20.8 Å². The number of likely N-dealkylation sites (tertiary alicyclic amines) is 1. The zero-order valence-electron chi connectivity index (χ0n) is 19.3. The smallest absolute Gasteiger partial charge is 0.444 e. The van der Waals surface area contributed by atoms with Gasteiger partial charge in [0.05, 0.1) is 0 Å². The molecule has 1 aliphatic heterocycles. The van der Waals surface area contributed by atoms with Crippen molar-refractivity contribution in [3.63, 3.8) is 0 Å². The highest BCUT2D eigenvalue weighted by atomic mass is 19.4. The third-order valence-corrected chi connectivity index (χ3v) is 5.21. The largest absolute Gasteiger partial charge is 0.460 e. The molecule has 0 aliphatic carbocycles. The number of carbonyl (C=O) groups is 2. The molecule has 1 aliphatic rings. The number of alkyl halides is 17. The molecule has 4 nitrogen and oxygen atoms in total. The minimum atomic E-state index is -8.79. The van der Waals surface area contributed by atoms with Crippen LogP contribution in [0.2, 0.25) is 0 Å². The van der Waals surface area contributed by atoms with E-state index in [2.05, 4.69) is 4.74 Å². The third kappa shape index (κ3) is 5.06. The standard InChI is InChI=1S/C18H16F17NO3/c1-10(2,3)39-9(38)36-6-4-5-7(36)8(37)11(19,20)12(21,22)13(23,24)14(25,26)15(27,28)16(29,30)17(31,32)18(33,34)35/h7H,4-6H2,1-3H3/t7-/m0/s1. The summed E-state index contributed by atoms with van der Waals surface area (Å²) < 4.78 is 233. The molecule has 0 N–H and O–H groups in total. The molecule has 1 fully saturated rings. The zero-order chi connectivity index (χ0) is 31.6. The van der Waals surface area contributed by atoms with Gasteiger partial charge >= 0.3 is 53.7 Å². The Morgan fingerprint density at radius 3 is 1.33 bits per heavy atom. The van der Waals surface area contributed by atoms with E-state index in [1.54, 1.807) is 0 Å². The van der Waals surface area contributed by atoms with E-state index in [1.807, 2.05) is 0 Å². The van der Waals surface area contributed by atoms with Crippen LogP contribution in [0.3, 0.4) is 0 Å². The lowest BCUT2D eigenvalue weighted by molar-refractivity contribution is -0.459. The summed E-state index contributed by atoms with van der Waals surface area (Å²) in [6.07, 6.45) is -11.1. The van der Waals surface area contributed by atoms with Crippen LogP contribution in [0.5, 0.6) is 0 Å². The molecule has 21 heteroatoms. The highest BCUT2D eigenvalue weighted by Gasteiger charge is 2.95. The van der Waals surface area contributed by atoms with Gasteiger partial charge in [-0.2, -0.15) is 74.6 Å². The molecule has 1 atom stereocenters. The van der Waals surface area contributed by atoms with Crippen molar-refractivity contribution in [3.05, 3.63) is 0 Å². The number of rotatable bonds is 8. The molecule has 1 rings (SSSR count). The van der Waals surface area contributed by atoms with Gasteiger partial charge in [0.25, 0.3) is 0 Å². The van der Waals surface area contributed by atoms with Crippen LogP contribution < -0.4 is 0 Å². The van der Waals surface area contributed by atoms with Gasteiger partial charge in [0.2, 0.25) is 5.78 Å². The van der Waals surface area contributed by atoms with E-state index in [0.717, 1.165) is 0 Å². The molecule has 230 valence electrons. The number of nitrogens with zero attached hydrogens (tertiary/aromatic N) is 1. The molecule has 39 heavy (non-hydrogen) atoms. The molecular formula is C18H16F17NO3. The molecule has 1 amide bonds. The van der Waals surface area contributed by atoms with E-state index in [-0.39, 0.29) is 4.90 Å². The Labute approximate surface area is 206 Å². The quantitative estimate of drug-likeness (QED) is 0.277. The van der Waals surface area contributed by atoms with Gasteiger partial charge in [-0.1, -0.05) is 0 Å². The van der Waals surface area contributed by atoms with E-state index < -0.39 is 90.5 Å². The minimum absolute atomic E-state index is 0.0551. The Kier molecular flexibility index (Phi) is 8.39. The summed E-state index contributed by atoms with van der Waals surface area (Å²) in [7, 11) is 0. The van der Waals surface area contributed by atoms with Crippen molar-refractivity contribution < 1.29 is 89.0 Å².